The number of hydrogen-bond donors (Lipinski definition) is 1. The highest BCUT2D eigenvalue weighted by atomic mass is 19.1. The van der Waals surface area contributed by atoms with Gasteiger partial charge in [-0.05, 0) is 37.1 Å². The molecule has 0 spiro atoms. The van der Waals surface area contributed by atoms with Crippen LogP contribution >= 0.6 is 0 Å². The van der Waals surface area contributed by atoms with E-state index in [0.29, 0.717) is 6.42 Å². The molecule has 0 aliphatic rings. The highest BCUT2D eigenvalue weighted by molar-refractivity contribution is 5.28. The van der Waals surface area contributed by atoms with Gasteiger partial charge in [0.05, 0.1) is 5.60 Å². The van der Waals surface area contributed by atoms with Gasteiger partial charge in [-0.3, -0.25) is 0 Å². The minimum atomic E-state index is -0.939. The summed E-state index contributed by atoms with van der Waals surface area (Å²) in [5.41, 5.74) is 2.02. The molecule has 1 N–H and O–H groups in total. The molecule has 1 nitrogen and oxygen atoms in total. The summed E-state index contributed by atoms with van der Waals surface area (Å²) in [6.45, 7) is 3.79. The minimum Gasteiger partial charge on any atom is -0.385 e. The molecule has 94 valence electrons. The van der Waals surface area contributed by atoms with E-state index in [-0.39, 0.29) is 5.82 Å². The minimum absolute atomic E-state index is 0.256. The molecule has 0 saturated carbocycles. The Kier molecular flexibility index (Phi) is 3.48. The number of rotatable bonds is 3. The monoisotopic (exact) mass is 244 g/mol. The van der Waals surface area contributed by atoms with Crippen molar-refractivity contribution in [3.63, 3.8) is 0 Å². The number of benzene rings is 2. The zero-order valence-corrected chi connectivity index (χ0v) is 10.7. The molecule has 0 radical (unpaired) electrons. The van der Waals surface area contributed by atoms with Gasteiger partial charge in [-0.15, -0.1) is 0 Å². The van der Waals surface area contributed by atoms with E-state index in [0.717, 1.165) is 16.7 Å². The molecule has 0 fully saturated rings. The summed E-state index contributed by atoms with van der Waals surface area (Å²) in [5, 5.41) is 10.5. The Balaban J connectivity index is 2.20. The Hall–Kier alpha value is -1.67. The van der Waals surface area contributed by atoms with Gasteiger partial charge in [-0.2, -0.15) is 0 Å². The van der Waals surface area contributed by atoms with Crippen LogP contribution in [0.5, 0.6) is 0 Å². The van der Waals surface area contributed by atoms with E-state index in [2.05, 4.69) is 0 Å². The van der Waals surface area contributed by atoms with Crippen LogP contribution in [-0.2, 0) is 12.0 Å². The number of halogens is 1. The standard InChI is InChI=1S/C16H17FO/c1-12-3-7-14(8-4-12)16(2,18)11-13-5-9-15(17)10-6-13/h3-10,18H,11H2,1-2H3. The van der Waals surface area contributed by atoms with E-state index in [1.165, 1.54) is 12.1 Å². The van der Waals surface area contributed by atoms with Gasteiger partial charge in [-0.1, -0.05) is 42.0 Å². The summed E-state index contributed by atoms with van der Waals surface area (Å²) in [6, 6.07) is 14.1. The first-order valence-corrected chi connectivity index (χ1v) is 6.01. The Morgan fingerprint density at radius 1 is 1.00 bits per heavy atom. The lowest BCUT2D eigenvalue weighted by molar-refractivity contribution is 0.0576. The largest absolute Gasteiger partial charge is 0.385 e. The van der Waals surface area contributed by atoms with Crippen LogP contribution in [0.3, 0.4) is 0 Å². The molecule has 1 atom stereocenters. The van der Waals surface area contributed by atoms with E-state index >= 15 is 0 Å². The molecule has 0 aliphatic heterocycles. The number of aryl methyl sites for hydroxylation is 1. The van der Waals surface area contributed by atoms with Crippen LogP contribution in [0.15, 0.2) is 48.5 Å². The van der Waals surface area contributed by atoms with Gasteiger partial charge in [0, 0.05) is 6.42 Å². The van der Waals surface area contributed by atoms with Gasteiger partial charge < -0.3 is 5.11 Å². The zero-order chi connectivity index (χ0) is 13.2. The predicted octanol–water partition coefficient (Wildman–Crippen LogP) is 3.58. The molecule has 0 aliphatic carbocycles. The quantitative estimate of drug-likeness (QED) is 0.875. The molecular formula is C16H17FO. The van der Waals surface area contributed by atoms with Crippen molar-refractivity contribution in [3.05, 3.63) is 71.0 Å². The molecule has 0 aromatic heterocycles. The summed E-state index contributed by atoms with van der Waals surface area (Å²) < 4.78 is 12.8. The molecule has 2 heteroatoms. The third-order valence-electron chi connectivity index (χ3n) is 3.14. The predicted molar refractivity (Wildman–Crippen MR) is 70.9 cm³/mol. The summed E-state index contributed by atoms with van der Waals surface area (Å²) in [4.78, 5) is 0. The van der Waals surface area contributed by atoms with Crippen LogP contribution in [0.1, 0.15) is 23.6 Å². The average Bonchev–Trinajstić information content (AvgIpc) is 2.32. The van der Waals surface area contributed by atoms with Crippen LogP contribution in [0, 0.1) is 12.7 Å². The SMILES string of the molecule is Cc1ccc(C(C)(O)Cc2ccc(F)cc2)cc1. The maximum absolute atomic E-state index is 12.8. The first-order chi connectivity index (χ1) is 8.47. The van der Waals surface area contributed by atoms with E-state index in [1.807, 2.05) is 31.2 Å². The first kappa shape index (κ1) is 12.8. The van der Waals surface area contributed by atoms with E-state index in [4.69, 9.17) is 0 Å². The lowest BCUT2D eigenvalue weighted by Gasteiger charge is -2.24. The van der Waals surface area contributed by atoms with Crippen LogP contribution in [0.2, 0.25) is 0 Å². The molecule has 2 rings (SSSR count). The topological polar surface area (TPSA) is 20.2 Å². The van der Waals surface area contributed by atoms with Crippen molar-refractivity contribution in [2.45, 2.75) is 25.9 Å². The molecule has 18 heavy (non-hydrogen) atoms. The van der Waals surface area contributed by atoms with Crippen molar-refractivity contribution < 1.29 is 9.50 Å². The molecular weight excluding hydrogens is 227 g/mol. The maximum Gasteiger partial charge on any atom is 0.123 e. The second-order valence-corrected chi connectivity index (χ2v) is 4.94. The fourth-order valence-electron chi connectivity index (χ4n) is 2.01. The van der Waals surface area contributed by atoms with Crippen molar-refractivity contribution in [3.8, 4) is 0 Å². The Morgan fingerprint density at radius 2 is 1.56 bits per heavy atom. The number of aliphatic hydroxyl groups is 1. The van der Waals surface area contributed by atoms with Crippen LogP contribution in [0.4, 0.5) is 4.39 Å². The smallest absolute Gasteiger partial charge is 0.123 e. The zero-order valence-electron chi connectivity index (χ0n) is 10.7. The van der Waals surface area contributed by atoms with Gasteiger partial charge >= 0.3 is 0 Å². The van der Waals surface area contributed by atoms with Gasteiger partial charge in [0.1, 0.15) is 5.82 Å². The van der Waals surface area contributed by atoms with Crippen molar-refractivity contribution in [2.24, 2.45) is 0 Å². The van der Waals surface area contributed by atoms with Crippen LogP contribution < -0.4 is 0 Å². The second kappa shape index (κ2) is 4.91. The summed E-state index contributed by atoms with van der Waals surface area (Å²) in [7, 11) is 0. The Morgan fingerprint density at radius 3 is 2.11 bits per heavy atom. The molecule has 0 amide bonds. The fraction of sp³-hybridized carbons (Fsp3) is 0.250. The van der Waals surface area contributed by atoms with Crippen LogP contribution in [-0.4, -0.2) is 5.11 Å². The first-order valence-electron chi connectivity index (χ1n) is 6.01. The van der Waals surface area contributed by atoms with Gasteiger partial charge in [0.2, 0.25) is 0 Å². The van der Waals surface area contributed by atoms with E-state index in [9.17, 15) is 9.50 Å². The maximum atomic E-state index is 12.8. The van der Waals surface area contributed by atoms with Gasteiger partial charge in [-0.25, -0.2) is 4.39 Å². The molecule has 2 aromatic rings. The van der Waals surface area contributed by atoms with Gasteiger partial charge in [0.25, 0.3) is 0 Å². The third-order valence-corrected chi connectivity index (χ3v) is 3.14. The number of hydrogen-bond acceptors (Lipinski definition) is 1. The van der Waals surface area contributed by atoms with Crippen molar-refractivity contribution in [1.29, 1.82) is 0 Å². The second-order valence-electron chi connectivity index (χ2n) is 4.94. The van der Waals surface area contributed by atoms with E-state index < -0.39 is 5.60 Å². The van der Waals surface area contributed by atoms with Crippen molar-refractivity contribution in [1.82, 2.24) is 0 Å². The Labute approximate surface area is 107 Å². The van der Waals surface area contributed by atoms with E-state index in [1.54, 1.807) is 19.1 Å². The highest BCUT2D eigenvalue weighted by Crippen LogP contribution is 2.25. The summed E-state index contributed by atoms with van der Waals surface area (Å²) in [6.07, 6.45) is 0.469. The lowest BCUT2D eigenvalue weighted by atomic mass is 9.89. The molecule has 2 aromatic carbocycles. The molecule has 0 heterocycles. The highest BCUT2D eigenvalue weighted by Gasteiger charge is 2.23. The lowest BCUT2D eigenvalue weighted by Crippen LogP contribution is -2.24. The third kappa shape index (κ3) is 2.96. The van der Waals surface area contributed by atoms with Gasteiger partial charge in [0.15, 0.2) is 0 Å². The van der Waals surface area contributed by atoms with Crippen molar-refractivity contribution in [2.75, 3.05) is 0 Å². The molecule has 0 saturated heterocycles. The van der Waals surface area contributed by atoms with Crippen molar-refractivity contribution >= 4 is 0 Å². The molecule has 1 unspecified atom stereocenters. The summed E-state index contributed by atoms with van der Waals surface area (Å²) >= 11 is 0. The normalized spacial score (nSPS) is 14.2. The Bertz CT molecular complexity index is 512. The summed E-state index contributed by atoms with van der Waals surface area (Å²) in [5.74, 6) is -0.256. The van der Waals surface area contributed by atoms with Crippen LogP contribution in [0.25, 0.3) is 0 Å². The fourth-order valence-corrected chi connectivity index (χ4v) is 2.01. The molecule has 0 bridgehead atoms. The average molecular weight is 244 g/mol.